The van der Waals surface area contributed by atoms with Crippen molar-refractivity contribution >= 4 is 15.8 Å². The first-order chi connectivity index (χ1) is 11.7. The monoisotopic (exact) mass is 370 g/mol. The van der Waals surface area contributed by atoms with Gasteiger partial charge in [-0.2, -0.15) is 0 Å². The lowest BCUT2D eigenvalue weighted by atomic mass is 10.2. The third-order valence-electron chi connectivity index (χ3n) is 4.23. The molecule has 1 aromatic carbocycles. The Morgan fingerprint density at radius 1 is 1.16 bits per heavy atom. The number of carboxylic acid groups (broad SMARTS) is 1. The van der Waals surface area contributed by atoms with E-state index in [0.29, 0.717) is 12.3 Å². The molecule has 0 bridgehead atoms. The second kappa shape index (κ2) is 8.64. The van der Waals surface area contributed by atoms with Crippen LogP contribution < -0.4 is 4.74 Å². The van der Waals surface area contributed by atoms with Crippen LogP contribution in [-0.2, 0) is 21.2 Å². The lowest BCUT2D eigenvalue weighted by Crippen LogP contribution is -2.47. The van der Waals surface area contributed by atoms with Gasteiger partial charge in [-0.15, -0.1) is 0 Å². The number of aliphatic carboxylic acids is 1. The lowest BCUT2D eigenvalue weighted by Gasteiger charge is -2.34. The Labute approximate surface area is 149 Å². The molecule has 0 unspecified atom stereocenters. The van der Waals surface area contributed by atoms with Crippen LogP contribution in [0.3, 0.4) is 0 Å². The van der Waals surface area contributed by atoms with Crippen molar-refractivity contribution < 1.29 is 23.1 Å². The summed E-state index contributed by atoms with van der Waals surface area (Å²) in [4.78, 5) is 15.3. The van der Waals surface area contributed by atoms with Crippen LogP contribution in [0.25, 0.3) is 0 Å². The quantitative estimate of drug-likeness (QED) is 0.721. The number of piperazine rings is 1. The maximum absolute atomic E-state index is 11.2. The van der Waals surface area contributed by atoms with Crippen LogP contribution in [0.2, 0.25) is 0 Å². The van der Waals surface area contributed by atoms with Gasteiger partial charge < -0.3 is 9.84 Å². The molecule has 1 atom stereocenters. The highest BCUT2D eigenvalue weighted by Crippen LogP contribution is 2.16. The molecule has 1 saturated heterocycles. The van der Waals surface area contributed by atoms with Gasteiger partial charge >= 0.3 is 5.97 Å². The Morgan fingerprint density at radius 2 is 1.72 bits per heavy atom. The van der Waals surface area contributed by atoms with Crippen molar-refractivity contribution in [3.8, 4) is 5.75 Å². The van der Waals surface area contributed by atoms with Crippen molar-refractivity contribution in [1.82, 2.24) is 9.80 Å². The molecule has 0 aromatic heterocycles. The van der Waals surface area contributed by atoms with Crippen LogP contribution in [0.15, 0.2) is 24.3 Å². The second-order valence-corrected chi connectivity index (χ2v) is 8.75. The van der Waals surface area contributed by atoms with Gasteiger partial charge in [0.15, 0.2) is 6.10 Å². The van der Waals surface area contributed by atoms with Crippen molar-refractivity contribution in [3.05, 3.63) is 29.8 Å². The van der Waals surface area contributed by atoms with E-state index in [1.165, 1.54) is 13.2 Å². The van der Waals surface area contributed by atoms with Gasteiger partial charge in [-0.05, 0) is 24.6 Å². The van der Waals surface area contributed by atoms with Crippen LogP contribution in [0.4, 0.5) is 0 Å². The predicted molar refractivity (Wildman–Crippen MR) is 95.6 cm³/mol. The van der Waals surface area contributed by atoms with E-state index in [4.69, 9.17) is 9.84 Å². The zero-order chi connectivity index (χ0) is 18.4. The van der Waals surface area contributed by atoms with Crippen molar-refractivity contribution in [3.63, 3.8) is 0 Å². The van der Waals surface area contributed by atoms with Gasteiger partial charge in [0.1, 0.15) is 15.6 Å². The van der Waals surface area contributed by atoms with Crippen molar-refractivity contribution in [2.75, 3.05) is 44.7 Å². The zero-order valence-corrected chi connectivity index (χ0v) is 15.5. The van der Waals surface area contributed by atoms with Crippen molar-refractivity contribution in [2.45, 2.75) is 19.6 Å². The number of benzene rings is 1. The number of hydrogen-bond donors (Lipinski definition) is 1. The molecular weight excluding hydrogens is 344 g/mol. The third kappa shape index (κ3) is 7.01. The number of nitrogens with zero attached hydrogens (tertiary/aromatic N) is 2. The van der Waals surface area contributed by atoms with E-state index < -0.39 is 21.9 Å². The summed E-state index contributed by atoms with van der Waals surface area (Å²) in [6.45, 7) is 6.45. The fourth-order valence-corrected chi connectivity index (χ4v) is 3.24. The van der Waals surface area contributed by atoms with Crippen LogP contribution in [0.1, 0.15) is 12.5 Å². The second-order valence-electron chi connectivity index (χ2n) is 6.49. The summed E-state index contributed by atoms with van der Waals surface area (Å²) in [6, 6.07) is 7.47. The number of sulfone groups is 1. The zero-order valence-electron chi connectivity index (χ0n) is 14.7. The number of carbonyl (C=O) groups is 1. The SMILES string of the molecule is C[C@H](Oc1ccc(CN2CCN(CCS(C)(=O)=O)CC2)cc1)C(=O)O. The van der Waals surface area contributed by atoms with Crippen LogP contribution >= 0.6 is 0 Å². The summed E-state index contributed by atoms with van der Waals surface area (Å²) in [5, 5.41) is 8.85. The number of ether oxygens (including phenoxy) is 1. The third-order valence-corrected chi connectivity index (χ3v) is 5.16. The van der Waals surface area contributed by atoms with Crippen molar-refractivity contribution in [1.29, 1.82) is 0 Å². The Kier molecular flexibility index (Phi) is 6.80. The van der Waals surface area contributed by atoms with Gasteiger partial charge in [-0.1, -0.05) is 12.1 Å². The van der Waals surface area contributed by atoms with Gasteiger partial charge in [0.05, 0.1) is 5.75 Å². The summed E-state index contributed by atoms with van der Waals surface area (Å²) >= 11 is 0. The normalized spacial score (nSPS) is 18.0. The predicted octanol–water partition coefficient (Wildman–Crippen LogP) is 0.701. The molecule has 7 nitrogen and oxygen atoms in total. The molecule has 1 aliphatic heterocycles. The van der Waals surface area contributed by atoms with E-state index in [-0.39, 0.29) is 5.75 Å². The molecule has 1 aliphatic rings. The van der Waals surface area contributed by atoms with E-state index in [1.807, 2.05) is 12.1 Å². The number of hydrogen-bond acceptors (Lipinski definition) is 6. The molecule has 0 saturated carbocycles. The standard InChI is InChI=1S/C17H26N2O5S/c1-14(17(20)21)24-16-5-3-15(4-6-16)13-19-9-7-18(8-10-19)11-12-25(2,22)23/h3-6,14H,7-13H2,1-2H3,(H,20,21)/t14-/m0/s1. The topological polar surface area (TPSA) is 87.2 Å². The van der Waals surface area contributed by atoms with Crippen LogP contribution in [0, 0.1) is 0 Å². The molecule has 25 heavy (non-hydrogen) atoms. The largest absolute Gasteiger partial charge is 0.479 e. The smallest absolute Gasteiger partial charge is 0.344 e. The molecule has 0 spiro atoms. The Hall–Kier alpha value is -1.64. The molecule has 1 heterocycles. The summed E-state index contributed by atoms with van der Waals surface area (Å²) in [5.74, 6) is -0.231. The van der Waals surface area contributed by atoms with Gasteiger partial charge in [-0.3, -0.25) is 9.80 Å². The van der Waals surface area contributed by atoms with E-state index in [9.17, 15) is 13.2 Å². The number of rotatable bonds is 8. The summed E-state index contributed by atoms with van der Waals surface area (Å²) < 4.78 is 27.8. The highest BCUT2D eigenvalue weighted by atomic mass is 32.2. The molecule has 0 aliphatic carbocycles. The summed E-state index contributed by atoms with van der Waals surface area (Å²) in [7, 11) is -2.91. The molecule has 2 rings (SSSR count). The molecule has 1 N–H and O–H groups in total. The average Bonchev–Trinajstić information content (AvgIpc) is 2.55. The minimum absolute atomic E-state index is 0.212. The van der Waals surface area contributed by atoms with E-state index in [0.717, 1.165) is 38.3 Å². The number of carboxylic acids is 1. The van der Waals surface area contributed by atoms with Gasteiger partial charge in [0.2, 0.25) is 0 Å². The van der Waals surface area contributed by atoms with Crippen LogP contribution in [0.5, 0.6) is 5.75 Å². The fraction of sp³-hybridized carbons (Fsp3) is 0.588. The van der Waals surface area contributed by atoms with Gasteiger partial charge in [0, 0.05) is 45.5 Å². The molecule has 1 aromatic rings. The fourth-order valence-electron chi connectivity index (χ4n) is 2.65. The van der Waals surface area contributed by atoms with Gasteiger partial charge in [0.25, 0.3) is 0 Å². The first-order valence-electron chi connectivity index (χ1n) is 8.34. The molecule has 8 heteroatoms. The minimum Gasteiger partial charge on any atom is -0.479 e. The maximum atomic E-state index is 11.2. The summed E-state index contributed by atoms with van der Waals surface area (Å²) in [5.41, 5.74) is 1.14. The molecular formula is C17H26N2O5S. The highest BCUT2D eigenvalue weighted by molar-refractivity contribution is 7.90. The lowest BCUT2D eigenvalue weighted by molar-refractivity contribution is -0.144. The molecule has 0 amide bonds. The maximum Gasteiger partial charge on any atom is 0.344 e. The molecule has 0 radical (unpaired) electrons. The van der Waals surface area contributed by atoms with Gasteiger partial charge in [-0.25, -0.2) is 13.2 Å². The summed E-state index contributed by atoms with van der Waals surface area (Å²) in [6.07, 6.45) is 0.402. The Morgan fingerprint density at radius 3 is 2.24 bits per heavy atom. The van der Waals surface area contributed by atoms with Crippen molar-refractivity contribution in [2.24, 2.45) is 0 Å². The highest BCUT2D eigenvalue weighted by Gasteiger charge is 2.18. The first-order valence-corrected chi connectivity index (χ1v) is 10.4. The van der Waals surface area contributed by atoms with E-state index in [1.54, 1.807) is 12.1 Å². The first kappa shape index (κ1) is 19.7. The minimum atomic E-state index is -2.91. The van der Waals surface area contributed by atoms with E-state index >= 15 is 0 Å². The van der Waals surface area contributed by atoms with E-state index in [2.05, 4.69) is 9.80 Å². The van der Waals surface area contributed by atoms with Crippen LogP contribution in [-0.4, -0.2) is 80.1 Å². The Bertz CT molecular complexity index is 667. The Balaban J connectivity index is 1.77. The molecule has 1 fully saturated rings. The molecule has 140 valence electrons. The average molecular weight is 370 g/mol.